The molecule has 3 aromatic carbocycles. The number of rotatable bonds is 5. The molecule has 4 aliphatic rings. The van der Waals surface area contributed by atoms with Crippen molar-refractivity contribution in [2.75, 3.05) is 0 Å². The second kappa shape index (κ2) is 11.0. The van der Waals surface area contributed by atoms with Crippen LogP contribution in [0.5, 0.6) is 0 Å². The molecule has 0 fully saturated rings. The van der Waals surface area contributed by atoms with Crippen LogP contribution in [-0.2, 0) is 4.74 Å². The van der Waals surface area contributed by atoms with Crippen LogP contribution in [0.1, 0.15) is 48.8 Å². The van der Waals surface area contributed by atoms with Crippen molar-refractivity contribution in [2.24, 2.45) is 5.92 Å². The van der Waals surface area contributed by atoms with Crippen molar-refractivity contribution < 1.29 is 4.74 Å². The van der Waals surface area contributed by atoms with Crippen LogP contribution in [0.25, 0.3) is 33.7 Å². The molecule has 0 N–H and O–H groups in total. The number of benzene rings is 3. The number of fused-ring (bicyclic) bond motifs is 2. The van der Waals surface area contributed by atoms with Crippen LogP contribution >= 0.6 is 0 Å². The number of hydrogen-bond donors (Lipinski definition) is 0. The maximum absolute atomic E-state index is 6.36. The number of hydrogen-bond acceptors (Lipinski definition) is 4. The average Bonchev–Trinajstić information content (AvgIpc) is 3.47. The van der Waals surface area contributed by atoms with Crippen LogP contribution in [-0.4, -0.2) is 15.0 Å². The minimum Gasteiger partial charge on any atom is -0.465 e. The Morgan fingerprint density at radius 2 is 1.40 bits per heavy atom. The van der Waals surface area contributed by atoms with Crippen LogP contribution in [0, 0.1) is 5.92 Å². The van der Waals surface area contributed by atoms with E-state index in [0.717, 1.165) is 59.7 Å². The summed E-state index contributed by atoms with van der Waals surface area (Å²) in [5, 5.41) is 0. The molecule has 1 aromatic heterocycles. The molecular weight excluding hydrogens is 526 g/mol. The number of allylic oxidation sites excluding steroid dienone is 11. The lowest BCUT2D eigenvalue weighted by Crippen LogP contribution is -2.11. The van der Waals surface area contributed by atoms with E-state index in [2.05, 4.69) is 121 Å². The van der Waals surface area contributed by atoms with Gasteiger partial charge in [0.25, 0.3) is 0 Å². The summed E-state index contributed by atoms with van der Waals surface area (Å²) >= 11 is 0. The number of nitrogens with zero attached hydrogens (tertiary/aromatic N) is 3. The molecule has 0 bridgehead atoms. The van der Waals surface area contributed by atoms with Crippen molar-refractivity contribution >= 4 is 11.1 Å². The van der Waals surface area contributed by atoms with E-state index in [1.165, 1.54) is 22.3 Å². The lowest BCUT2D eigenvalue weighted by molar-refractivity contribution is 0.292. The summed E-state index contributed by atoms with van der Waals surface area (Å²) in [6, 6.07) is 29.4. The predicted octanol–water partition coefficient (Wildman–Crippen LogP) is 9.25. The van der Waals surface area contributed by atoms with Crippen molar-refractivity contribution in [3.05, 3.63) is 162 Å². The van der Waals surface area contributed by atoms with Crippen molar-refractivity contribution in [3.63, 3.8) is 0 Å². The van der Waals surface area contributed by atoms with Crippen molar-refractivity contribution in [1.29, 1.82) is 0 Å². The van der Waals surface area contributed by atoms with Crippen LogP contribution in [0.2, 0.25) is 0 Å². The van der Waals surface area contributed by atoms with Crippen LogP contribution in [0.3, 0.4) is 0 Å². The van der Waals surface area contributed by atoms with Gasteiger partial charge in [-0.15, -0.1) is 0 Å². The normalized spacial score (nSPS) is 20.5. The maximum Gasteiger partial charge on any atom is 0.163 e. The number of aromatic nitrogens is 3. The Bertz CT molecular complexity index is 1890. The lowest BCUT2D eigenvalue weighted by Gasteiger charge is -2.19. The Morgan fingerprint density at radius 1 is 0.651 bits per heavy atom. The minimum absolute atomic E-state index is 0.0664. The predicted molar refractivity (Wildman–Crippen MR) is 172 cm³/mol. The first-order valence-corrected chi connectivity index (χ1v) is 15.1. The molecule has 2 atom stereocenters. The zero-order chi connectivity index (χ0) is 28.6. The molecule has 0 spiro atoms. The summed E-state index contributed by atoms with van der Waals surface area (Å²) in [7, 11) is 0. The molecule has 0 amide bonds. The second-order valence-electron chi connectivity index (χ2n) is 11.4. The highest BCUT2D eigenvalue weighted by Gasteiger charge is 2.34. The van der Waals surface area contributed by atoms with Gasteiger partial charge in [-0.1, -0.05) is 115 Å². The molecule has 0 radical (unpaired) electrons. The molecule has 208 valence electrons. The smallest absolute Gasteiger partial charge is 0.163 e. The fraction of sp³-hybridized carbons (Fsp3) is 0.154. The highest BCUT2D eigenvalue weighted by Crippen LogP contribution is 2.45. The van der Waals surface area contributed by atoms with Gasteiger partial charge in [-0.2, -0.15) is 0 Å². The molecule has 3 aliphatic carbocycles. The van der Waals surface area contributed by atoms with Gasteiger partial charge in [0.05, 0.1) is 0 Å². The Hall–Kier alpha value is -5.09. The van der Waals surface area contributed by atoms with E-state index >= 15 is 0 Å². The van der Waals surface area contributed by atoms with Gasteiger partial charge in [-0.3, -0.25) is 0 Å². The monoisotopic (exact) mass is 557 g/mol. The highest BCUT2D eigenvalue weighted by atomic mass is 16.5. The second-order valence-corrected chi connectivity index (χ2v) is 11.4. The van der Waals surface area contributed by atoms with Crippen LogP contribution in [0.15, 0.2) is 145 Å². The molecule has 4 heteroatoms. The third kappa shape index (κ3) is 4.99. The molecule has 8 rings (SSSR count). The molecule has 43 heavy (non-hydrogen) atoms. The fourth-order valence-electron chi connectivity index (χ4n) is 6.38. The van der Waals surface area contributed by atoms with E-state index in [-0.39, 0.29) is 5.92 Å². The summed E-state index contributed by atoms with van der Waals surface area (Å²) in [6.07, 6.45) is 19.4. The van der Waals surface area contributed by atoms with Crippen LogP contribution < -0.4 is 0 Å². The zero-order valence-electron chi connectivity index (χ0n) is 23.9. The molecule has 1 aliphatic heterocycles. The Balaban J connectivity index is 1.17. The van der Waals surface area contributed by atoms with E-state index < -0.39 is 0 Å². The fourth-order valence-corrected chi connectivity index (χ4v) is 6.38. The van der Waals surface area contributed by atoms with Gasteiger partial charge in [0.15, 0.2) is 11.6 Å². The van der Waals surface area contributed by atoms with E-state index in [1.54, 1.807) is 0 Å². The summed E-state index contributed by atoms with van der Waals surface area (Å²) in [5.41, 5.74) is 8.07. The molecule has 0 saturated carbocycles. The highest BCUT2D eigenvalue weighted by molar-refractivity contribution is 5.76. The molecular formula is C39H31N3O. The van der Waals surface area contributed by atoms with Gasteiger partial charge in [-0.25, -0.2) is 15.0 Å². The van der Waals surface area contributed by atoms with Crippen molar-refractivity contribution in [3.8, 4) is 22.5 Å². The zero-order valence-corrected chi connectivity index (χ0v) is 23.9. The van der Waals surface area contributed by atoms with Gasteiger partial charge >= 0.3 is 0 Å². The molecule has 0 saturated heterocycles. The van der Waals surface area contributed by atoms with Gasteiger partial charge < -0.3 is 4.74 Å². The van der Waals surface area contributed by atoms with E-state index in [4.69, 9.17) is 19.7 Å². The van der Waals surface area contributed by atoms with Gasteiger partial charge in [0.1, 0.15) is 17.3 Å². The lowest BCUT2D eigenvalue weighted by atomic mass is 9.87. The van der Waals surface area contributed by atoms with Crippen LogP contribution in [0.4, 0.5) is 0 Å². The quantitative estimate of drug-likeness (QED) is 0.245. The molecule has 2 unspecified atom stereocenters. The minimum atomic E-state index is 0.0664. The average molecular weight is 558 g/mol. The van der Waals surface area contributed by atoms with Crippen molar-refractivity contribution in [1.82, 2.24) is 15.0 Å². The third-order valence-corrected chi connectivity index (χ3v) is 8.67. The SMILES string of the molecule is C1=CC2=C(CC1)OC1=CC(c3nc(-c4cccc(-c5ccccc5)c4)nc(C4C=CC(c5ccccc5)=CC4)n3)=CCC12. The van der Waals surface area contributed by atoms with Gasteiger partial charge in [0, 0.05) is 35.0 Å². The Labute approximate surface area is 252 Å². The topological polar surface area (TPSA) is 47.9 Å². The van der Waals surface area contributed by atoms with Gasteiger partial charge in [-0.05, 0) is 53.7 Å². The molecule has 4 aromatic rings. The molecule has 2 heterocycles. The summed E-state index contributed by atoms with van der Waals surface area (Å²) in [5.74, 6) is 4.68. The van der Waals surface area contributed by atoms with E-state index in [1.807, 2.05) is 6.07 Å². The standard InChI is InChI=1S/C39H31N3O/c1-3-10-26(11-4-1)28-18-20-29(21-19-28)37-40-38(31-15-9-14-30(24-31)27-12-5-2-6-13-27)42-39(41-37)32-22-23-34-33-16-7-8-17-35(33)43-36(34)25-32/h1-7,9-16,18-20,22,24-25,29,34H,8,17,21,23H2. The first kappa shape index (κ1) is 25.6. The van der Waals surface area contributed by atoms with Gasteiger partial charge in [0.2, 0.25) is 0 Å². The first-order valence-electron chi connectivity index (χ1n) is 15.1. The number of ether oxygens (including phenoxy) is 1. The first-order chi connectivity index (χ1) is 21.3. The van der Waals surface area contributed by atoms with E-state index in [0.29, 0.717) is 17.6 Å². The Kier molecular flexibility index (Phi) is 6.52. The molecule has 4 nitrogen and oxygen atoms in total. The van der Waals surface area contributed by atoms with E-state index in [9.17, 15) is 0 Å². The maximum atomic E-state index is 6.36. The summed E-state index contributed by atoms with van der Waals surface area (Å²) < 4.78 is 6.36. The largest absolute Gasteiger partial charge is 0.465 e. The third-order valence-electron chi connectivity index (χ3n) is 8.67. The Morgan fingerprint density at radius 3 is 2.21 bits per heavy atom. The summed E-state index contributed by atoms with van der Waals surface area (Å²) in [4.78, 5) is 15.2. The summed E-state index contributed by atoms with van der Waals surface area (Å²) in [6.45, 7) is 0. The van der Waals surface area contributed by atoms with Crippen molar-refractivity contribution in [2.45, 2.75) is 31.6 Å².